The van der Waals surface area contributed by atoms with Gasteiger partial charge in [0.15, 0.2) is 5.78 Å². The lowest BCUT2D eigenvalue weighted by atomic mass is 9.95. The number of rotatable bonds is 7. The summed E-state index contributed by atoms with van der Waals surface area (Å²) in [4.78, 5) is 18.6. The Morgan fingerprint density at radius 2 is 1.77 bits per heavy atom. The minimum Gasteiger partial charge on any atom is -0.496 e. The second-order valence-corrected chi connectivity index (χ2v) is 7.67. The molecule has 0 radical (unpaired) electrons. The number of hydrogen-bond donors (Lipinski definition) is 1. The standard InChI is InChI=1S/C25H28N2O4/c1-16(25(28)20-15-26-21-8-6-5-7-19(20)21)27-11-9-17(10-12-27)24-22(30-3)13-18(29-2)14-23(24)31-4/h5-9,13-16,26H,10-12H2,1-4H3/t16-/m1/s1. The number of aromatic amines is 1. The molecule has 6 heteroatoms. The number of H-pyrrole nitrogens is 1. The van der Waals surface area contributed by atoms with Crippen molar-refractivity contribution in [3.05, 3.63) is 59.8 Å². The predicted molar refractivity (Wildman–Crippen MR) is 122 cm³/mol. The van der Waals surface area contributed by atoms with Crippen LogP contribution in [-0.2, 0) is 0 Å². The Hall–Kier alpha value is -3.25. The van der Waals surface area contributed by atoms with Crippen molar-refractivity contribution < 1.29 is 19.0 Å². The average Bonchev–Trinajstić information content (AvgIpc) is 3.26. The van der Waals surface area contributed by atoms with Crippen LogP contribution in [0.2, 0.25) is 0 Å². The summed E-state index contributed by atoms with van der Waals surface area (Å²) < 4.78 is 16.6. The normalized spacial score (nSPS) is 15.4. The first-order valence-electron chi connectivity index (χ1n) is 10.4. The minimum absolute atomic E-state index is 0.133. The van der Waals surface area contributed by atoms with Crippen LogP contribution in [0, 0.1) is 0 Å². The number of Topliss-reactive ketones (excluding diaryl/α,β-unsaturated/α-hetero) is 1. The van der Waals surface area contributed by atoms with Crippen LogP contribution in [0.1, 0.15) is 29.3 Å². The number of ketones is 1. The molecule has 31 heavy (non-hydrogen) atoms. The Balaban J connectivity index is 1.56. The van der Waals surface area contributed by atoms with Gasteiger partial charge < -0.3 is 19.2 Å². The van der Waals surface area contributed by atoms with Gasteiger partial charge in [-0.3, -0.25) is 9.69 Å². The van der Waals surface area contributed by atoms with Crippen LogP contribution < -0.4 is 14.2 Å². The number of ether oxygens (including phenoxy) is 3. The number of nitrogens with one attached hydrogen (secondary N) is 1. The van der Waals surface area contributed by atoms with Crippen LogP contribution in [0.15, 0.2) is 48.7 Å². The van der Waals surface area contributed by atoms with Crippen LogP contribution >= 0.6 is 0 Å². The molecule has 162 valence electrons. The Labute approximate surface area is 182 Å². The van der Waals surface area contributed by atoms with Gasteiger partial charge in [0, 0.05) is 47.9 Å². The molecule has 1 atom stereocenters. The summed E-state index contributed by atoms with van der Waals surface area (Å²) in [5.74, 6) is 2.26. The van der Waals surface area contributed by atoms with Crippen molar-refractivity contribution >= 4 is 22.3 Å². The van der Waals surface area contributed by atoms with E-state index in [0.717, 1.165) is 52.1 Å². The molecule has 0 spiro atoms. The molecule has 0 saturated carbocycles. The van der Waals surface area contributed by atoms with Gasteiger partial charge in [0.25, 0.3) is 0 Å². The molecule has 4 rings (SSSR count). The van der Waals surface area contributed by atoms with Crippen LogP contribution in [0.5, 0.6) is 17.2 Å². The van der Waals surface area contributed by atoms with E-state index in [2.05, 4.69) is 16.0 Å². The molecule has 2 heterocycles. The largest absolute Gasteiger partial charge is 0.496 e. The highest BCUT2D eigenvalue weighted by Gasteiger charge is 2.27. The third-order valence-corrected chi connectivity index (χ3v) is 6.06. The third kappa shape index (κ3) is 3.91. The van der Waals surface area contributed by atoms with Gasteiger partial charge in [-0.25, -0.2) is 0 Å². The zero-order valence-corrected chi connectivity index (χ0v) is 18.4. The molecule has 1 aromatic heterocycles. The first kappa shape index (κ1) is 21.0. The Morgan fingerprint density at radius 1 is 1.06 bits per heavy atom. The van der Waals surface area contributed by atoms with E-state index >= 15 is 0 Å². The van der Waals surface area contributed by atoms with E-state index < -0.39 is 0 Å². The number of aromatic nitrogens is 1. The first-order chi connectivity index (χ1) is 15.1. The van der Waals surface area contributed by atoms with Crippen molar-refractivity contribution in [3.63, 3.8) is 0 Å². The Bertz CT molecular complexity index is 1110. The maximum absolute atomic E-state index is 13.2. The van der Waals surface area contributed by atoms with E-state index in [4.69, 9.17) is 14.2 Å². The summed E-state index contributed by atoms with van der Waals surface area (Å²) in [5.41, 5.74) is 3.83. The van der Waals surface area contributed by atoms with Crippen LogP contribution in [-0.4, -0.2) is 56.1 Å². The summed E-state index contributed by atoms with van der Waals surface area (Å²) in [7, 11) is 4.92. The van der Waals surface area contributed by atoms with Gasteiger partial charge in [-0.15, -0.1) is 0 Å². The van der Waals surface area contributed by atoms with Crippen LogP contribution in [0.4, 0.5) is 0 Å². The van der Waals surface area contributed by atoms with Gasteiger partial charge in [0.1, 0.15) is 17.2 Å². The van der Waals surface area contributed by atoms with Gasteiger partial charge in [0.2, 0.25) is 0 Å². The van der Waals surface area contributed by atoms with E-state index in [9.17, 15) is 4.79 Å². The summed E-state index contributed by atoms with van der Waals surface area (Å²) >= 11 is 0. The molecule has 0 aliphatic carbocycles. The highest BCUT2D eigenvalue weighted by Crippen LogP contribution is 2.41. The van der Waals surface area contributed by atoms with Crippen molar-refractivity contribution in [3.8, 4) is 17.2 Å². The zero-order chi connectivity index (χ0) is 22.0. The smallest absolute Gasteiger partial charge is 0.181 e. The molecule has 1 N–H and O–H groups in total. The molecule has 0 saturated heterocycles. The number of para-hydroxylation sites is 1. The fourth-order valence-electron chi connectivity index (χ4n) is 4.25. The molecule has 0 amide bonds. The second kappa shape index (κ2) is 8.86. The van der Waals surface area contributed by atoms with Crippen molar-refractivity contribution in [2.75, 3.05) is 34.4 Å². The molecular formula is C25H28N2O4. The van der Waals surface area contributed by atoms with E-state index in [1.807, 2.05) is 49.5 Å². The summed E-state index contributed by atoms with van der Waals surface area (Å²) in [6.07, 6.45) is 4.78. The second-order valence-electron chi connectivity index (χ2n) is 7.67. The molecule has 1 aliphatic rings. The van der Waals surface area contributed by atoms with Crippen molar-refractivity contribution in [1.82, 2.24) is 9.88 Å². The number of fused-ring (bicyclic) bond motifs is 1. The molecule has 0 bridgehead atoms. The number of carbonyl (C=O) groups is 1. The van der Waals surface area contributed by atoms with Gasteiger partial charge in [0.05, 0.1) is 32.9 Å². The molecule has 2 aromatic carbocycles. The van der Waals surface area contributed by atoms with E-state index in [-0.39, 0.29) is 11.8 Å². The minimum atomic E-state index is -0.211. The number of methoxy groups -OCH3 is 3. The molecule has 0 unspecified atom stereocenters. The van der Waals surface area contributed by atoms with Crippen molar-refractivity contribution in [1.29, 1.82) is 0 Å². The maximum Gasteiger partial charge on any atom is 0.181 e. The van der Waals surface area contributed by atoms with Gasteiger partial charge >= 0.3 is 0 Å². The van der Waals surface area contributed by atoms with E-state index in [1.165, 1.54) is 0 Å². The fourth-order valence-corrected chi connectivity index (χ4v) is 4.25. The quantitative estimate of drug-likeness (QED) is 0.568. The topological polar surface area (TPSA) is 63.8 Å². The van der Waals surface area contributed by atoms with Crippen LogP contribution in [0.25, 0.3) is 16.5 Å². The van der Waals surface area contributed by atoms with E-state index in [1.54, 1.807) is 21.3 Å². The van der Waals surface area contributed by atoms with Gasteiger partial charge in [-0.1, -0.05) is 24.3 Å². The highest BCUT2D eigenvalue weighted by atomic mass is 16.5. The molecule has 1 aliphatic heterocycles. The van der Waals surface area contributed by atoms with Crippen molar-refractivity contribution in [2.24, 2.45) is 0 Å². The zero-order valence-electron chi connectivity index (χ0n) is 18.4. The summed E-state index contributed by atoms with van der Waals surface area (Å²) in [6.45, 7) is 3.44. The lowest BCUT2D eigenvalue weighted by Gasteiger charge is -2.31. The maximum atomic E-state index is 13.2. The Kier molecular flexibility index (Phi) is 6.00. The number of nitrogens with zero attached hydrogens (tertiary/aromatic N) is 1. The van der Waals surface area contributed by atoms with E-state index in [0.29, 0.717) is 12.3 Å². The van der Waals surface area contributed by atoms with Gasteiger partial charge in [-0.05, 0) is 25.0 Å². The number of benzene rings is 2. The lowest BCUT2D eigenvalue weighted by Crippen LogP contribution is -2.41. The molecule has 6 nitrogen and oxygen atoms in total. The highest BCUT2D eigenvalue weighted by molar-refractivity contribution is 6.10. The lowest BCUT2D eigenvalue weighted by molar-refractivity contribution is 0.0853. The predicted octanol–water partition coefficient (Wildman–Crippen LogP) is 4.55. The third-order valence-electron chi connectivity index (χ3n) is 6.06. The monoisotopic (exact) mass is 420 g/mol. The summed E-state index contributed by atoms with van der Waals surface area (Å²) in [5, 5.41) is 0.972. The molecule has 3 aromatic rings. The molecule has 0 fully saturated rings. The summed E-state index contributed by atoms with van der Waals surface area (Å²) in [6, 6.07) is 11.4. The van der Waals surface area contributed by atoms with Crippen LogP contribution in [0.3, 0.4) is 0 Å². The fraction of sp³-hybridized carbons (Fsp3) is 0.320. The molecular weight excluding hydrogens is 392 g/mol. The Morgan fingerprint density at radius 3 is 2.39 bits per heavy atom. The number of hydrogen-bond acceptors (Lipinski definition) is 5. The average molecular weight is 421 g/mol. The SMILES string of the molecule is COc1cc(OC)c(C2=CCN([C@H](C)C(=O)c3c[nH]c4ccccc34)CC2)c(OC)c1. The number of carbonyl (C=O) groups excluding carboxylic acids is 1. The first-order valence-corrected chi connectivity index (χ1v) is 10.4. The van der Waals surface area contributed by atoms with Gasteiger partial charge in [-0.2, -0.15) is 0 Å². The van der Waals surface area contributed by atoms with Crippen molar-refractivity contribution in [2.45, 2.75) is 19.4 Å².